The number of hydrogen-bond acceptors (Lipinski definition) is 2. The minimum Gasteiger partial charge on any atom is -0.353 e. The van der Waals surface area contributed by atoms with E-state index in [0.717, 1.165) is 36.1 Å². The molecule has 1 aromatic heterocycles. The molecule has 5 heteroatoms. The third-order valence-corrected chi connectivity index (χ3v) is 6.46. The Balaban J connectivity index is 1.34. The van der Waals surface area contributed by atoms with Gasteiger partial charge < -0.3 is 5.32 Å². The van der Waals surface area contributed by atoms with Crippen LogP contribution in [-0.2, 0) is 16.6 Å². The topological polar surface area (TPSA) is 42.0 Å². The summed E-state index contributed by atoms with van der Waals surface area (Å²) in [4.78, 5) is 16.6. The normalized spacial score (nSPS) is 16.6. The van der Waals surface area contributed by atoms with E-state index in [2.05, 4.69) is 16.4 Å². The van der Waals surface area contributed by atoms with Gasteiger partial charge in [0.1, 0.15) is 11.6 Å². The van der Waals surface area contributed by atoms with Crippen molar-refractivity contribution in [3.05, 3.63) is 113 Å². The molecule has 1 fully saturated rings. The van der Waals surface area contributed by atoms with Crippen LogP contribution in [0.3, 0.4) is 0 Å². The number of aromatic nitrogens is 1. The third kappa shape index (κ3) is 5.36. The van der Waals surface area contributed by atoms with Crippen molar-refractivity contribution in [1.29, 1.82) is 0 Å². The maximum atomic E-state index is 13.9. The zero-order valence-electron chi connectivity index (χ0n) is 18.7. The molecule has 4 rings (SSSR count). The van der Waals surface area contributed by atoms with Crippen LogP contribution < -0.4 is 5.32 Å². The van der Waals surface area contributed by atoms with Crippen LogP contribution in [-0.4, -0.2) is 17.4 Å². The highest BCUT2D eigenvalue weighted by Crippen LogP contribution is 2.59. The predicted octanol–water partition coefficient (Wildman–Crippen LogP) is 5.67. The van der Waals surface area contributed by atoms with Crippen molar-refractivity contribution in [2.24, 2.45) is 5.92 Å². The van der Waals surface area contributed by atoms with Gasteiger partial charge in [-0.25, -0.2) is 8.78 Å². The lowest BCUT2D eigenvalue weighted by Gasteiger charge is -2.18. The fraction of sp³-hybridized carbons (Fsp3) is 0.286. The molecule has 0 aliphatic heterocycles. The average Bonchev–Trinajstić information content (AvgIpc) is 3.54. The first-order chi connectivity index (χ1) is 16.0. The molecule has 1 heterocycles. The number of aryl methyl sites for hydroxylation is 2. The molecule has 2 aromatic carbocycles. The lowest BCUT2D eigenvalue weighted by Crippen LogP contribution is -2.22. The molecule has 0 bridgehead atoms. The van der Waals surface area contributed by atoms with Crippen molar-refractivity contribution in [2.75, 3.05) is 6.54 Å². The lowest BCUT2D eigenvalue weighted by atomic mass is 9.85. The summed E-state index contributed by atoms with van der Waals surface area (Å²) in [6.07, 6.45) is 8.71. The van der Waals surface area contributed by atoms with Gasteiger partial charge in [0.15, 0.2) is 0 Å². The molecule has 0 spiro atoms. The first kappa shape index (κ1) is 22.8. The van der Waals surface area contributed by atoms with E-state index >= 15 is 0 Å². The number of carbonyl (C=O) groups excluding carboxylic acids is 1. The lowest BCUT2D eigenvalue weighted by molar-refractivity contribution is -0.116. The van der Waals surface area contributed by atoms with E-state index in [4.69, 9.17) is 0 Å². The van der Waals surface area contributed by atoms with E-state index in [1.54, 1.807) is 24.4 Å². The Kier molecular flexibility index (Phi) is 6.97. The van der Waals surface area contributed by atoms with Crippen molar-refractivity contribution in [3.8, 4) is 0 Å². The summed E-state index contributed by atoms with van der Waals surface area (Å²) in [6.45, 7) is 2.61. The van der Waals surface area contributed by atoms with E-state index in [1.807, 2.05) is 31.2 Å². The number of nitrogens with one attached hydrogen (secondary N) is 1. The summed E-state index contributed by atoms with van der Waals surface area (Å²) in [5.74, 6) is -0.790. The Morgan fingerprint density at radius 3 is 2.39 bits per heavy atom. The fourth-order valence-electron chi connectivity index (χ4n) is 4.58. The van der Waals surface area contributed by atoms with Crippen molar-refractivity contribution in [2.45, 2.75) is 38.0 Å². The fourth-order valence-corrected chi connectivity index (χ4v) is 4.58. The number of rotatable bonds is 9. The average molecular weight is 447 g/mol. The summed E-state index contributed by atoms with van der Waals surface area (Å²) in [5, 5.41) is 2.93. The molecule has 1 aliphatic carbocycles. The molecule has 0 saturated heterocycles. The molecule has 1 aliphatic rings. The number of amides is 1. The molecule has 3 aromatic rings. The summed E-state index contributed by atoms with van der Waals surface area (Å²) in [7, 11) is 0. The first-order valence-electron chi connectivity index (χ1n) is 11.4. The number of nitrogens with zero attached hydrogens (tertiary/aromatic N) is 1. The smallest absolute Gasteiger partial charge is 0.243 e. The van der Waals surface area contributed by atoms with Gasteiger partial charge in [0, 0.05) is 23.9 Å². The third-order valence-electron chi connectivity index (χ3n) is 6.46. The van der Waals surface area contributed by atoms with Crippen LogP contribution >= 0.6 is 0 Å². The maximum Gasteiger partial charge on any atom is 0.243 e. The van der Waals surface area contributed by atoms with Crippen LogP contribution in [0, 0.1) is 24.5 Å². The molecule has 1 atom stereocenters. The Morgan fingerprint density at radius 1 is 1.06 bits per heavy atom. The molecular weight excluding hydrogens is 418 g/mol. The molecule has 170 valence electrons. The van der Waals surface area contributed by atoms with Crippen LogP contribution in [0.25, 0.3) is 0 Å². The van der Waals surface area contributed by atoms with Gasteiger partial charge in [0.25, 0.3) is 0 Å². The van der Waals surface area contributed by atoms with E-state index < -0.39 is 5.41 Å². The summed E-state index contributed by atoms with van der Waals surface area (Å²) >= 11 is 0. The van der Waals surface area contributed by atoms with Gasteiger partial charge in [-0.05, 0) is 91.6 Å². The van der Waals surface area contributed by atoms with E-state index in [1.165, 1.54) is 29.8 Å². The Morgan fingerprint density at radius 2 is 1.76 bits per heavy atom. The van der Waals surface area contributed by atoms with Crippen LogP contribution in [0.2, 0.25) is 0 Å². The minimum atomic E-state index is -0.511. The SMILES string of the molecule is Cc1ncccc1CCCCNC(=O)C=C[C@@H]1CC1(c1cccc(F)c1)c1cccc(F)c1. The molecular formula is C28H28F2N2O. The molecule has 3 nitrogen and oxygen atoms in total. The number of carbonyl (C=O) groups is 1. The zero-order chi connectivity index (χ0) is 23.3. The highest BCUT2D eigenvalue weighted by Gasteiger charge is 2.55. The second-order valence-electron chi connectivity index (χ2n) is 8.66. The number of benzene rings is 2. The molecule has 1 N–H and O–H groups in total. The van der Waals surface area contributed by atoms with Crippen LogP contribution in [0.5, 0.6) is 0 Å². The van der Waals surface area contributed by atoms with Gasteiger partial charge in [-0.2, -0.15) is 0 Å². The van der Waals surface area contributed by atoms with Gasteiger partial charge >= 0.3 is 0 Å². The second kappa shape index (κ2) is 10.1. The standard InChI is InChI=1S/C28H28F2N2O/c1-20-21(8-6-16-31-20)7-2-3-15-32-27(33)14-13-24-19-28(24,22-9-4-11-25(29)17-22)23-10-5-12-26(30)18-23/h4-6,8-14,16-18,24H,2-3,7,15,19H2,1H3,(H,32,33)/t24-/m1/s1. The first-order valence-corrected chi connectivity index (χ1v) is 11.4. The van der Waals surface area contributed by atoms with Crippen LogP contribution in [0.15, 0.2) is 79.0 Å². The highest BCUT2D eigenvalue weighted by molar-refractivity contribution is 5.87. The largest absolute Gasteiger partial charge is 0.353 e. The Hall–Kier alpha value is -3.34. The predicted molar refractivity (Wildman–Crippen MR) is 126 cm³/mol. The van der Waals surface area contributed by atoms with Crippen molar-refractivity contribution in [3.63, 3.8) is 0 Å². The summed E-state index contributed by atoms with van der Waals surface area (Å²) in [5.41, 5.74) is 3.38. The van der Waals surface area contributed by atoms with E-state index in [0.29, 0.717) is 13.0 Å². The van der Waals surface area contributed by atoms with Gasteiger partial charge in [0.2, 0.25) is 5.91 Å². The van der Waals surface area contributed by atoms with Gasteiger partial charge in [-0.3, -0.25) is 9.78 Å². The van der Waals surface area contributed by atoms with E-state index in [9.17, 15) is 13.6 Å². The Bertz CT molecular complexity index is 1110. The zero-order valence-corrected chi connectivity index (χ0v) is 18.7. The van der Waals surface area contributed by atoms with Crippen LogP contribution in [0.4, 0.5) is 8.78 Å². The van der Waals surface area contributed by atoms with Gasteiger partial charge in [0.05, 0.1) is 0 Å². The van der Waals surface area contributed by atoms with Crippen molar-refractivity contribution in [1.82, 2.24) is 10.3 Å². The maximum absolute atomic E-state index is 13.9. The number of unbranched alkanes of at least 4 members (excludes halogenated alkanes) is 1. The van der Waals surface area contributed by atoms with E-state index in [-0.39, 0.29) is 23.5 Å². The molecule has 1 amide bonds. The Labute approximate surface area is 193 Å². The van der Waals surface area contributed by atoms with Gasteiger partial charge in [-0.15, -0.1) is 0 Å². The van der Waals surface area contributed by atoms with Crippen LogP contribution in [0.1, 0.15) is 41.6 Å². The number of hydrogen-bond donors (Lipinski definition) is 1. The minimum absolute atomic E-state index is 0.000376. The summed E-state index contributed by atoms with van der Waals surface area (Å²) in [6, 6.07) is 16.9. The number of halogens is 2. The monoisotopic (exact) mass is 446 g/mol. The van der Waals surface area contributed by atoms with Crippen molar-refractivity contribution < 1.29 is 13.6 Å². The van der Waals surface area contributed by atoms with Gasteiger partial charge in [-0.1, -0.05) is 36.4 Å². The summed E-state index contributed by atoms with van der Waals surface area (Å²) < 4.78 is 27.9. The molecule has 0 unspecified atom stereocenters. The quantitative estimate of drug-likeness (QED) is 0.340. The highest BCUT2D eigenvalue weighted by atomic mass is 19.1. The number of pyridine rings is 1. The second-order valence-corrected chi connectivity index (χ2v) is 8.66. The molecule has 33 heavy (non-hydrogen) atoms. The molecule has 0 radical (unpaired) electrons. The van der Waals surface area contributed by atoms with Crippen molar-refractivity contribution >= 4 is 5.91 Å². The number of allylic oxidation sites excluding steroid dienone is 1. The molecule has 1 saturated carbocycles.